The smallest absolute Gasteiger partial charge is 0.319 e. The number of halogens is 8. The fourth-order valence-corrected chi connectivity index (χ4v) is 3.27. The van der Waals surface area contributed by atoms with Crippen LogP contribution < -0.4 is 0 Å². The molecule has 0 radical (unpaired) electrons. The number of rotatable bonds is 4. The molecule has 0 aromatic rings. The SMILES string of the molecule is C.CN1CC(N(F)F)(N(F)F)CN(C)C1(C)C.CN1CC(N(F)F)(N(F)F)CN(C)C1=O. The highest BCUT2D eigenvalue weighted by Gasteiger charge is 2.56. The molecule has 2 aliphatic rings. The van der Waals surface area contributed by atoms with Crippen LogP contribution in [0.1, 0.15) is 21.3 Å². The monoisotopic (exact) mass is 490 g/mol. The zero-order valence-corrected chi connectivity index (χ0v) is 17.8. The molecule has 0 aromatic heterocycles. The molecule has 9 nitrogen and oxygen atoms in total. The van der Waals surface area contributed by atoms with Gasteiger partial charge in [-0.05, 0) is 27.9 Å². The Morgan fingerprint density at radius 1 is 0.625 bits per heavy atom. The quantitative estimate of drug-likeness (QED) is 0.341. The van der Waals surface area contributed by atoms with E-state index in [2.05, 4.69) is 0 Å². The Labute approximate surface area is 181 Å². The van der Waals surface area contributed by atoms with Crippen LogP contribution in [0.4, 0.5) is 40.6 Å². The van der Waals surface area contributed by atoms with Gasteiger partial charge in [0.05, 0.1) is 29.4 Å². The van der Waals surface area contributed by atoms with Gasteiger partial charge in [0, 0.05) is 37.9 Å². The summed E-state index contributed by atoms with van der Waals surface area (Å²) in [6.45, 7) is 1.16. The molecule has 0 aliphatic carbocycles. The van der Waals surface area contributed by atoms with Crippen LogP contribution in [0, 0.1) is 0 Å². The molecule has 0 unspecified atom stereocenters. The molecule has 192 valence electrons. The molecule has 0 aromatic carbocycles. The predicted molar refractivity (Wildman–Crippen MR) is 98.4 cm³/mol. The van der Waals surface area contributed by atoms with E-state index in [4.69, 9.17) is 0 Å². The number of carbonyl (C=O) groups is 1. The van der Waals surface area contributed by atoms with Crippen LogP contribution in [-0.4, -0.2) is 118 Å². The lowest BCUT2D eigenvalue weighted by molar-refractivity contribution is -0.391. The van der Waals surface area contributed by atoms with E-state index in [0.717, 1.165) is 9.80 Å². The Balaban J connectivity index is 0.000000584. The summed E-state index contributed by atoms with van der Waals surface area (Å²) in [6.07, 6.45) is 0. The van der Waals surface area contributed by atoms with Gasteiger partial charge in [-0.3, -0.25) is 9.80 Å². The molecule has 2 amide bonds. The lowest BCUT2D eigenvalue weighted by Crippen LogP contribution is -2.73. The molecule has 2 fully saturated rings. The van der Waals surface area contributed by atoms with Crippen LogP contribution in [0.15, 0.2) is 0 Å². The van der Waals surface area contributed by atoms with E-state index in [1.54, 1.807) is 13.8 Å². The van der Waals surface area contributed by atoms with E-state index in [-0.39, 0.29) is 7.43 Å². The van der Waals surface area contributed by atoms with Crippen LogP contribution in [0.3, 0.4) is 0 Å². The van der Waals surface area contributed by atoms with E-state index >= 15 is 0 Å². The normalized spacial score (nSPS) is 23.5. The van der Waals surface area contributed by atoms with Crippen LogP contribution in [0.2, 0.25) is 0 Å². The topological polar surface area (TPSA) is 43.0 Å². The molecule has 17 heteroatoms. The van der Waals surface area contributed by atoms with Gasteiger partial charge in [-0.2, -0.15) is 0 Å². The van der Waals surface area contributed by atoms with Gasteiger partial charge in [-0.25, -0.2) is 4.79 Å². The average Bonchev–Trinajstić information content (AvgIpc) is 2.63. The van der Waals surface area contributed by atoms with Crippen molar-refractivity contribution >= 4 is 6.03 Å². The number of hydrogen-bond donors (Lipinski definition) is 0. The van der Waals surface area contributed by atoms with Gasteiger partial charge in [0.25, 0.3) is 0 Å². The molecule has 0 N–H and O–H groups in total. The minimum atomic E-state index is -2.77. The number of carbonyl (C=O) groups excluding carboxylic acids is 1. The van der Waals surface area contributed by atoms with Gasteiger partial charge < -0.3 is 9.80 Å². The Bertz CT molecular complexity index is 578. The van der Waals surface area contributed by atoms with Gasteiger partial charge in [0.2, 0.25) is 11.3 Å². The van der Waals surface area contributed by atoms with Gasteiger partial charge in [-0.1, -0.05) is 43.3 Å². The summed E-state index contributed by atoms with van der Waals surface area (Å²) in [5.74, 6) is 0. The van der Waals surface area contributed by atoms with Crippen molar-refractivity contribution in [2.75, 3.05) is 54.4 Å². The first-order chi connectivity index (χ1) is 14.0. The Hall–Kier alpha value is -1.53. The zero-order valence-electron chi connectivity index (χ0n) is 17.8. The van der Waals surface area contributed by atoms with Gasteiger partial charge in [0.15, 0.2) is 0 Å². The van der Waals surface area contributed by atoms with Crippen LogP contribution in [0.25, 0.3) is 0 Å². The second kappa shape index (κ2) is 10.6. The van der Waals surface area contributed by atoms with Crippen molar-refractivity contribution in [3.05, 3.63) is 0 Å². The number of hydrogen-bond acceptors (Lipinski definition) is 7. The standard InChI is InChI=1S/C8H16F4N4.C6H10F4N4O.CH4/c1-7(2)13(3)5-8(15(9)10,16(11)12)6-14(7)4;1-11-3-6(13(7)8,14(9)10)4-12(2)5(11)15;/h5-6H2,1-4H3;3-4H2,1-2H3;1H4. The number of urea groups is 1. The largest absolute Gasteiger partial charge is 0.324 e. The van der Waals surface area contributed by atoms with Gasteiger partial charge in [0.1, 0.15) is 0 Å². The summed E-state index contributed by atoms with van der Waals surface area (Å²) in [4.78, 5) is 15.7. The maximum absolute atomic E-state index is 12.7. The van der Waals surface area contributed by atoms with Crippen LogP contribution >= 0.6 is 0 Å². The van der Waals surface area contributed by atoms with Crippen molar-refractivity contribution in [3.63, 3.8) is 0 Å². The van der Waals surface area contributed by atoms with Gasteiger partial charge in [-0.15, -0.1) is 0 Å². The summed E-state index contributed by atoms with van der Waals surface area (Å²) >= 11 is 0. The van der Waals surface area contributed by atoms with Crippen molar-refractivity contribution in [2.45, 2.75) is 38.3 Å². The third-order valence-electron chi connectivity index (χ3n) is 5.74. The molecular weight excluding hydrogens is 460 g/mol. The predicted octanol–water partition coefficient (Wildman–Crippen LogP) is 2.90. The highest BCUT2D eigenvalue weighted by molar-refractivity contribution is 5.75. The second-order valence-corrected chi connectivity index (χ2v) is 8.10. The zero-order chi connectivity index (χ0) is 24.5. The molecule has 32 heavy (non-hydrogen) atoms. The lowest BCUT2D eigenvalue weighted by Gasteiger charge is -2.53. The number of nitrogens with zero attached hydrogens (tertiary/aromatic N) is 8. The van der Waals surface area contributed by atoms with E-state index in [9.17, 15) is 40.6 Å². The van der Waals surface area contributed by atoms with Crippen molar-refractivity contribution in [3.8, 4) is 0 Å². The minimum absolute atomic E-state index is 0. The molecule has 2 heterocycles. The van der Waals surface area contributed by atoms with E-state index in [1.165, 1.54) is 38.0 Å². The fraction of sp³-hybridized carbons (Fsp3) is 0.933. The second-order valence-electron chi connectivity index (χ2n) is 8.10. The van der Waals surface area contributed by atoms with Crippen molar-refractivity contribution in [1.29, 1.82) is 0 Å². The van der Waals surface area contributed by atoms with E-state index in [0.29, 0.717) is 0 Å². The lowest BCUT2D eigenvalue weighted by atomic mass is 10.0. The summed E-state index contributed by atoms with van der Waals surface area (Å²) < 4.78 is 101. The average molecular weight is 490 g/mol. The minimum Gasteiger partial charge on any atom is -0.324 e. The van der Waals surface area contributed by atoms with Gasteiger partial charge >= 0.3 is 6.03 Å². The highest BCUT2D eigenvalue weighted by Crippen LogP contribution is 2.34. The van der Waals surface area contributed by atoms with Crippen molar-refractivity contribution in [1.82, 2.24) is 41.0 Å². The van der Waals surface area contributed by atoms with E-state index in [1.807, 2.05) is 0 Å². The van der Waals surface area contributed by atoms with Crippen molar-refractivity contribution in [2.24, 2.45) is 0 Å². The van der Waals surface area contributed by atoms with Crippen LogP contribution in [0.5, 0.6) is 0 Å². The molecule has 0 spiro atoms. The molecule has 2 aliphatic heterocycles. The van der Waals surface area contributed by atoms with Crippen molar-refractivity contribution < 1.29 is 40.6 Å². The fourth-order valence-electron chi connectivity index (χ4n) is 3.27. The molecule has 0 saturated carbocycles. The third kappa shape index (κ3) is 5.51. The maximum atomic E-state index is 12.7. The molecule has 0 bridgehead atoms. The molecule has 2 saturated heterocycles. The van der Waals surface area contributed by atoms with E-state index < -0.39 is 70.6 Å². The summed E-state index contributed by atoms with van der Waals surface area (Å²) in [6, 6.07) is -0.575. The Morgan fingerprint density at radius 3 is 1.12 bits per heavy atom. The highest BCUT2D eigenvalue weighted by atomic mass is 19.4. The first kappa shape index (κ1) is 30.5. The molecule has 0 atom stereocenters. The molecule has 2 rings (SSSR count). The summed E-state index contributed by atoms with van der Waals surface area (Å²) in [5, 5.41) is -6.00. The van der Waals surface area contributed by atoms with Crippen LogP contribution in [-0.2, 0) is 0 Å². The Morgan fingerprint density at radius 2 is 0.875 bits per heavy atom. The number of likely N-dealkylation sites (N-methyl/N-ethyl adjacent to an activating group) is 4. The number of amides is 2. The maximum Gasteiger partial charge on any atom is 0.319 e. The summed E-state index contributed by atoms with van der Waals surface area (Å²) in [5.41, 5.74) is -5.87. The Kier molecular flexibility index (Phi) is 10.1. The molecular formula is C15H30F8N8O. The first-order valence-corrected chi connectivity index (χ1v) is 8.81. The third-order valence-corrected chi connectivity index (χ3v) is 5.74. The first-order valence-electron chi connectivity index (χ1n) is 8.81. The summed E-state index contributed by atoms with van der Waals surface area (Å²) in [7, 11) is 5.44.